The molecule has 0 radical (unpaired) electrons. The largest absolute Gasteiger partial charge is 0.493 e. The Morgan fingerprint density at radius 2 is 2.21 bits per heavy atom. The van der Waals surface area contributed by atoms with Crippen molar-refractivity contribution in [3.05, 3.63) is 46.5 Å². The molecule has 0 spiro atoms. The minimum absolute atomic E-state index is 0.0651. The Labute approximate surface area is 139 Å². The fraction of sp³-hybridized carbons (Fsp3) is 0.294. The van der Waals surface area contributed by atoms with Crippen molar-refractivity contribution in [2.24, 2.45) is 5.73 Å². The van der Waals surface area contributed by atoms with E-state index in [-0.39, 0.29) is 11.8 Å². The number of aromatic amines is 1. The van der Waals surface area contributed by atoms with Crippen molar-refractivity contribution in [2.45, 2.75) is 19.8 Å². The van der Waals surface area contributed by atoms with Crippen molar-refractivity contribution in [2.75, 3.05) is 13.7 Å². The Bertz CT molecular complexity index is 848. The number of hydrogen-bond donors (Lipinski definition) is 2. The highest BCUT2D eigenvalue weighted by Gasteiger charge is 2.34. The number of nitrogens with two attached hydrogens (primary N) is 1. The van der Waals surface area contributed by atoms with Gasteiger partial charge >= 0.3 is 0 Å². The number of nitriles is 1. The van der Waals surface area contributed by atoms with Gasteiger partial charge in [-0.25, -0.2) is 0 Å². The number of rotatable bonds is 4. The number of nitrogens with one attached hydrogen (secondary N) is 1. The lowest BCUT2D eigenvalue weighted by molar-refractivity contribution is 0.310. The Morgan fingerprint density at radius 3 is 2.88 bits per heavy atom. The molecule has 0 aliphatic carbocycles. The van der Waals surface area contributed by atoms with E-state index < -0.39 is 0 Å². The van der Waals surface area contributed by atoms with Gasteiger partial charge in [-0.3, -0.25) is 5.10 Å². The van der Waals surface area contributed by atoms with Gasteiger partial charge in [-0.15, -0.1) is 5.10 Å². The summed E-state index contributed by atoms with van der Waals surface area (Å²) in [4.78, 5) is 0. The van der Waals surface area contributed by atoms with E-state index in [1.54, 1.807) is 7.11 Å². The quantitative estimate of drug-likeness (QED) is 0.893. The summed E-state index contributed by atoms with van der Waals surface area (Å²) in [6, 6.07) is 7.72. The van der Waals surface area contributed by atoms with Crippen LogP contribution in [0.15, 0.2) is 29.7 Å². The van der Waals surface area contributed by atoms with Crippen LogP contribution in [0.5, 0.6) is 17.4 Å². The summed E-state index contributed by atoms with van der Waals surface area (Å²) in [5.74, 6) is 1.33. The summed E-state index contributed by atoms with van der Waals surface area (Å²) in [5, 5.41) is 16.6. The van der Waals surface area contributed by atoms with Crippen LogP contribution < -0.4 is 19.9 Å². The van der Waals surface area contributed by atoms with Gasteiger partial charge in [0.15, 0.2) is 11.5 Å². The van der Waals surface area contributed by atoms with E-state index in [0.717, 1.165) is 16.8 Å². The number of hydrogen-bond acceptors (Lipinski definition) is 6. The number of aromatic nitrogens is 2. The number of H-pyrrole nitrogens is 1. The molecule has 124 valence electrons. The maximum atomic E-state index is 9.57. The average Bonchev–Trinajstić information content (AvgIpc) is 2.94. The SMILES string of the molecule is CCOc1cc(C2C(C#N)=C(N)Oc3n[nH]c(C)c32)ccc1OC. The lowest BCUT2D eigenvalue weighted by atomic mass is 9.84. The van der Waals surface area contributed by atoms with Crippen LogP contribution >= 0.6 is 0 Å². The van der Waals surface area contributed by atoms with Crippen molar-refractivity contribution in [3.63, 3.8) is 0 Å². The molecule has 3 N–H and O–H groups in total. The molecule has 1 aliphatic rings. The van der Waals surface area contributed by atoms with Gasteiger partial charge in [0.1, 0.15) is 11.6 Å². The van der Waals surface area contributed by atoms with Crippen LogP contribution in [-0.2, 0) is 0 Å². The van der Waals surface area contributed by atoms with E-state index in [4.69, 9.17) is 19.9 Å². The molecule has 1 aromatic carbocycles. The van der Waals surface area contributed by atoms with Crippen LogP contribution in [0.2, 0.25) is 0 Å². The van der Waals surface area contributed by atoms with Crippen molar-refractivity contribution in [1.29, 1.82) is 5.26 Å². The van der Waals surface area contributed by atoms with Gasteiger partial charge in [0.25, 0.3) is 0 Å². The van der Waals surface area contributed by atoms with E-state index in [0.29, 0.717) is 29.6 Å². The molecule has 1 aliphatic heterocycles. The van der Waals surface area contributed by atoms with Crippen molar-refractivity contribution < 1.29 is 14.2 Å². The molecular weight excluding hydrogens is 308 g/mol. The Morgan fingerprint density at radius 1 is 1.42 bits per heavy atom. The van der Waals surface area contributed by atoms with Gasteiger partial charge in [-0.05, 0) is 31.5 Å². The first-order valence-electron chi connectivity index (χ1n) is 7.53. The molecule has 0 saturated carbocycles. The molecule has 7 heteroatoms. The normalized spacial score (nSPS) is 16.2. The lowest BCUT2D eigenvalue weighted by Crippen LogP contribution is -2.21. The summed E-state index contributed by atoms with van der Waals surface area (Å²) in [5.41, 5.74) is 8.74. The Hall–Kier alpha value is -3.14. The van der Waals surface area contributed by atoms with Gasteiger partial charge in [0.2, 0.25) is 11.8 Å². The molecule has 1 unspecified atom stereocenters. The van der Waals surface area contributed by atoms with Crippen LogP contribution in [0.4, 0.5) is 0 Å². The first kappa shape index (κ1) is 15.7. The third-order valence-electron chi connectivity index (χ3n) is 3.95. The van der Waals surface area contributed by atoms with E-state index in [2.05, 4.69) is 16.3 Å². The van der Waals surface area contributed by atoms with Crippen LogP contribution in [0.25, 0.3) is 0 Å². The van der Waals surface area contributed by atoms with Gasteiger partial charge < -0.3 is 19.9 Å². The molecule has 1 aromatic heterocycles. The number of ether oxygens (including phenoxy) is 3. The summed E-state index contributed by atoms with van der Waals surface area (Å²) in [6.07, 6.45) is 0. The fourth-order valence-corrected chi connectivity index (χ4v) is 2.87. The van der Waals surface area contributed by atoms with Crippen molar-refractivity contribution in [1.82, 2.24) is 10.2 Å². The average molecular weight is 326 g/mol. The summed E-state index contributed by atoms with van der Waals surface area (Å²) in [7, 11) is 1.59. The second-order valence-electron chi connectivity index (χ2n) is 5.34. The van der Waals surface area contributed by atoms with Crippen LogP contribution in [0.3, 0.4) is 0 Å². The molecule has 7 nitrogen and oxygen atoms in total. The highest BCUT2D eigenvalue weighted by molar-refractivity contribution is 5.57. The molecule has 2 aromatic rings. The first-order chi connectivity index (χ1) is 11.6. The van der Waals surface area contributed by atoms with Crippen molar-refractivity contribution in [3.8, 4) is 23.4 Å². The highest BCUT2D eigenvalue weighted by Crippen LogP contribution is 2.44. The standard InChI is InChI=1S/C17H18N4O3/c1-4-23-13-7-10(5-6-12(13)22-3)15-11(8-18)16(19)24-17-14(15)9(2)20-21-17/h5-7,15H,4,19H2,1-3H3,(H,20,21). The predicted molar refractivity (Wildman–Crippen MR) is 86.8 cm³/mol. The molecular formula is C17H18N4O3. The minimum atomic E-state index is -0.373. The molecule has 24 heavy (non-hydrogen) atoms. The molecule has 3 rings (SSSR count). The second kappa shape index (κ2) is 6.16. The van der Waals surface area contributed by atoms with E-state index in [9.17, 15) is 5.26 Å². The molecule has 0 fully saturated rings. The van der Waals surface area contributed by atoms with Gasteiger partial charge in [0.05, 0.1) is 19.6 Å². The summed E-state index contributed by atoms with van der Waals surface area (Å²) >= 11 is 0. The zero-order chi connectivity index (χ0) is 17.3. The molecule has 0 saturated heterocycles. The number of fused-ring (bicyclic) bond motifs is 1. The number of allylic oxidation sites excluding steroid dienone is 1. The fourth-order valence-electron chi connectivity index (χ4n) is 2.87. The molecule has 2 heterocycles. The smallest absolute Gasteiger partial charge is 0.244 e. The Kier molecular flexibility index (Phi) is 4.04. The number of benzene rings is 1. The first-order valence-corrected chi connectivity index (χ1v) is 7.53. The van der Waals surface area contributed by atoms with Crippen molar-refractivity contribution >= 4 is 0 Å². The lowest BCUT2D eigenvalue weighted by Gasteiger charge is -2.24. The van der Waals surface area contributed by atoms with Gasteiger partial charge in [0, 0.05) is 11.3 Å². The topological polar surface area (TPSA) is 106 Å². The highest BCUT2D eigenvalue weighted by atomic mass is 16.5. The number of aryl methyl sites for hydroxylation is 1. The van der Waals surface area contributed by atoms with Crippen LogP contribution in [-0.4, -0.2) is 23.9 Å². The van der Waals surface area contributed by atoms with E-state index in [1.807, 2.05) is 32.0 Å². The molecule has 0 amide bonds. The maximum Gasteiger partial charge on any atom is 0.244 e. The summed E-state index contributed by atoms with van der Waals surface area (Å²) in [6.45, 7) is 4.29. The molecule has 1 atom stereocenters. The molecule has 0 bridgehead atoms. The number of methoxy groups -OCH3 is 1. The minimum Gasteiger partial charge on any atom is -0.493 e. The second-order valence-corrected chi connectivity index (χ2v) is 5.34. The van der Waals surface area contributed by atoms with Crippen LogP contribution in [0.1, 0.15) is 29.7 Å². The van der Waals surface area contributed by atoms with Crippen LogP contribution in [0, 0.1) is 18.3 Å². The zero-order valence-electron chi connectivity index (χ0n) is 13.7. The van der Waals surface area contributed by atoms with Gasteiger partial charge in [-0.2, -0.15) is 5.26 Å². The van der Waals surface area contributed by atoms with E-state index >= 15 is 0 Å². The predicted octanol–water partition coefficient (Wildman–Crippen LogP) is 2.34. The zero-order valence-corrected chi connectivity index (χ0v) is 13.7. The van der Waals surface area contributed by atoms with Gasteiger partial charge in [-0.1, -0.05) is 6.07 Å². The monoisotopic (exact) mass is 326 g/mol. The third-order valence-corrected chi connectivity index (χ3v) is 3.95. The maximum absolute atomic E-state index is 9.57. The van der Waals surface area contributed by atoms with E-state index in [1.165, 1.54) is 0 Å². The summed E-state index contributed by atoms with van der Waals surface area (Å²) < 4.78 is 16.4. The third kappa shape index (κ3) is 2.42. The Balaban J connectivity index is 2.18. The number of nitrogens with zero attached hydrogens (tertiary/aromatic N) is 2.